The summed E-state index contributed by atoms with van der Waals surface area (Å²) >= 11 is 3.03. The van der Waals surface area contributed by atoms with Crippen molar-refractivity contribution in [3.63, 3.8) is 0 Å². The highest BCUT2D eigenvalue weighted by Gasteiger charge is 2.15. The maximum absolute atomic E-state index is 13.3. The normalized spacial score (nSPS) is 11.4. The van der Waals surface area contributed by atoms with E-state index in [4.69, 9.17) is 0 Å². The van der Waals surface area contributed by atoms with E-state index in [1.807, 2.05) is 0 Å². The zero-order valence-electron chi connectivity index (χ0n) is 9.31. The zero-order chi connectivity index (χ0) is 13.2. The lowest BCUT2D eigenvalue weighted by atomic mass is 10.2. The van der Waals surface area contributed by atoms with Crippen molar-refractivity contribution in [2.24, 2.45) is 0 Å². The van der Waals surface area contributed by atoms with E-state index in [1.165, 1.54) is 24.3 Å². The van der Waals surface area contributed by atoms with Crippen molar-refractivity contribution in [1.82, 2.24) is 0 Å². The Morgan fingerprint density at radius 2 is 1.72 bits per heavy atom. The second-order valence-corrected chi connectivity index (χ2v) is 6.66. The third kappa shape index (κ3) is 2.97. The van der Waals surface area contributed by atoms with Crippen LogP contribution in [-0.2, 0) is 15.6 Å². The number of sulfone groups is 1. The minimum absolute atomic E-state index is 0.207. The van der Waals surface area contributed by atoms with Gasteiger partial charge in [0.2, 0.25) is 0 Å². The Hall–Kier alpha value is -1.20. The lowest BCUT2D eigenvalue weighted by molar-refractivity contribution is 0.594. The van der Waals surface area contributed by atoms with E-state index in [0.717, 1.165) is 0 Å². The van der Waals surface area contributed by atoms with Crippen molar-refractivity contribution in [3.05, 3.63) is 64.4 Å². The molecule has 2 aromatic rings. The summed E-state index contributed by atoms with van der Waals surface area (Å²) in [5.74, 6) is -0.669. The molecule has 0 saturated heterocycles. The van der Waals surface area contributed by atoms with Crippen LogP contribution < -0.4 is 0 Å². The topological polar surface area (TPSA) is 34.1 Å². The molecule has 2 nitrogen and oxygen atoms in total. The van der Waals surface area contributed by atoms with Gasteiger partial charge in [0, 0.05) is 0 Å². The average molecular weight is 329 g/mol. The van der Waals surface area contributed by atoms with E-state index in [9.17, 15) is 12.8 Å². The number of hydrogen-bond donors (Lipinski definition) is 0. The summed E-state index contributed by atoms with van der Waals surface area (Å²) < 4.78 is 37.8. The van der Waals surface area contributed by atoms with Crippen molar-refractivity contribution in [3.8, 4) is 0 Å². The van der Waals surface area contributed by atoms with Crippen LogP contribution in [0.2, 0.25) is 0 Å². The largest absolute Gasteiger partial charge is 0.223 e. The molecule has 18 heavy (non-hydrogen) atoms. The number of benzene rings is 2. The highest BCUT2D eigenvalue weighted by molar-refractivity contribution is 9.10. The fourth-order valence-electron chi connectivity index (χ4n) is 1.56. The number of hydrogen-bond acceptors (Lipinski definition) is 2. The molecule has 0 aromatic heterocycles. The lowest BCUT2D eigenvalue weighted by Gasteiger charge is -2.05. The Bertz CT molecular complexity index is 654. The van der Waals surface area contributed by atoms with Crippen LogP contribution in [-0.4, -0.2) is 8.42 Å². The van der Waals surface area contributed by atoms with Gasteiger partial charge in [-0.2, -0.15) is 0 Å². The molecule has 0 aliphatic heterocycles. The Kier molecular flexibility index (Phi) is 3.82. The van der Waals surface area contributed by atoms with Gasteiger partial charge in [0.25, 0.3) is 0 Å². The summed E-state index contributed by atoms with van der Waals surface area (Å²) in [6, 6.07) is 12.5. The predicted molar refractivity (Wildman–Crippen MR) is 71.4 cm³/mol. The second kappa shape index (κ2) is 5.20. The van der Waals surface area contributed by atoms with Crippen LogP contribution in [0.15, 0.2) is 57.9 Å². The molecule has 0 N–H and O–H groups in total. The summed E-state index contributed by atoms with van der Waals surface area (Å²) in [5, 5.41) is 0. The third-order valence-electron chi connectivity index (χ3n) is 2.44. The van der Waals surface area contributed by atoms with Crippen LogP contribution in [0, 0.1) is 5.82 Å². The van der Waals surface area contributed by atoms with E-state index in [0.29, 0.717) is 10.0 Å². The van der Waals surface area contributed by atoms with Crippen molar-refractivity contribution in [2.45, 2.75) is 10.6 Å². The second-order valence-electron chi connectivity index (χ2n) is 3.82. The Morgan fingerprint density at radius 1 is 1.06 bits per heavy atom. The monoisotopic (exact) mass is 328 g/mol. The van der Waals surface area contributed by atoms with Crippen molar-refractivity contribution in [1.29, 1.82) is 0 Å². The number of halogens is 2. The van der Waals surface area contributed by atoms with Gasteiger partial charge in [-0.3, -0.25) is 0 Å². The van der Waals surface area contributed by atoms with Crippen LogP contribution in [0.5, 0.6) is 0 Å². The molecule has 0 bridgehead atoms. The SMILES string of the molecule is O=S(=O)(Cc1ccc(Br)c(F)c1)c1ccccc1. The fraction of sp³-hybridized carbons (Fsp3) is 0.0769. The first-order valence-corrected chi connectivity index (χ1v) is 7.65. The van der Waals surface area contributed by atoms with Crippen LogP contribution in [0.4, 0.5) is 4.39 Å². The molecule has 2 aromatic carbocycles. The molecular weight excluding hydrogens is 319 g/mol. The minimum Gasteiger partial charge on any atom is -0.223 e. The van der Waals surface area contributed by atoms with Gasteiger partial charge in [-0.25, -0.2) is 12.8 Å². The molecule has 0 unspecified atom stereocenters. The molecule has 0 atom stereocenters. The van der Waals surface area contributed by atoms with E-state index >= 15 is 0 Å². The number of rotatable bonds is 3. The van der Waals surface area contributed by atoms with E-state index in [-0.39, 0.29) is 10.6 Å². The lowest BCUT2D eigenvalue weighted by Crippen LogP contribution is -2.05. The van der Waals surface area contributed by atoms with Crippen LogP contribution in [0.25, 0.3) is 0 Å². The van der Waals surface area contributed by atoms with Crippen molar-refractivity contribution < 1.29 is 12.8 Å². The maximum Gasteiger partial charge on any atom is 0.182 e. The molecule has 94 valence electrons. The Labute approximate surface area is 114 Å². The summed E-state index contributed by atoms with van der Waals surface area (Å²) in [5.41, 5.74) is 0.430. The van der Waals surface area contributed by atoms with Gasteiger partial charge in [0.1, 0.15) is 5.82 Å². The summed E-state index contributed by atoms with van der Waals surface area (Å²) in [4.78, 5) is 0.244. The van der Waals surface area contributed by atoms with Crippen molar-refractivity contribution >= 4 is 25.8 Å². The van der Waals surface area contributed by atoms with Gasteiger partial charge in [-0.15, -0.1) is 0 Å². The van der Waals surface area contributed by atoms with E-state index < -0.39 is 15.7 Å². The Morgan fingerprint density at radius 3 is 2.33 bits per heavy atom. The summed E-state index contributed by atoms with van der Waals surface area (Å²) in [7, 11) is -3.42. The van der Waals surface area contributed by atoms with E-state index in [2.05, 4.69) is 15.9 Å². The van der Waals surface area contributed by atoms with Gasteiger partial charge < -0.3 is 0 Å². The van der Waals surface area contributed by atoms with Crippen LogP contribution in [0.3, 0.4) is 0 Å². The molecule has 0 aliphatic carbocycles. The third-order valence-corrected chi connectivity index (χ3v) is 4.79. The molecule has 0 aliphatic rings. The van der Waals surface area contributed by atoms with E-state index in [1.54, 1.807) is 24.3 Å². The van der Waals surface area contributed by atoms with Gasteiger partial charge in [0.15, 0.2) is 9.84 Å². The van der Waals surface area contributed by atoms with Crippen LogP contribution in [0.1, 0.15) is 5.56 Å². The first-order chi connectivity index (χ1) is 8.49. The molecule has 0 spiro atoms. The summed E-state index contributed by atoms with van der Waals surface area (Å²) in [6.45, 7) is 0. The van der Waals surface area contributed by atoms with Crippen molar-refractivity contribution in [2.75, 3.05) is 0 Å². The molecular formula is C13H10BrFO2S. The predicted octanol–water partition coefficient (Wildman–Crippen LogP) is 3.56. The van der Waals surface area contributed by atoms with Gasteiger partial charge >= 0.3 is 0 Å². The van der Waals surface area contributed by atoms with Gasteiger partial charge in [-0.05, 0) is 45.8 Å². The quantitative estimate of drug-likeness (QED) is 0.863. The molecule has 0 fully saturated rings. The molecule has 0 saturated carbocycles. The highest BCUT2D eigenvalue weighted by atomic mass is 79.9. The van der Waals surface area contributed by atoms with Gasteiger partial charge in [0.05, 0.1) is 15.1 Å². The maximum atomic E-state index is 13.3. The van der Waals surface area contributed by atoms with Crippen LogP contribution >= 0.6 is 15.9 Å². The highest BCUT2D eigenvalue weighted by Crippen LogP contribution is 2.20. The zero-order valence-corrected chi connectivity index (χ0v) is 11.7. The first-order valence-electron chi connectivity index (χ1n) is 5.21. The molecule has 0 amide bonds. The molecule has 5 heteroatoms. The standard InChI is InChI=1S/C13H10BrFO2S/c14-12-7-6-10(8-13(12)15)9-18(16,17)11-4-2-1-3-5-11/h1-8H,9H2. The summed E-state index contributed by atoms with van der Waals surface area (Å²) in [6.07, 6.45) is 0. The average Bonchev–Trinajstić information content (AvgIpc) is 2.35. The Balaban J connectivity index is 2.31. The fourth-order valence-corrected chi connectivity index (χ4v) is 3.16. The molecule has 0 heterocycles. The first kappa shape index (κ1) is 13.2. The smallest absolute Gasteiger partial charge is 0.182 e. The minimum atomic E-state index is -3.42. The van der Waals surface area contributed by atoms with Gasteiger partial charge in [-0.1, -0.05) is 24.3 Å². The molecule has 2 rings (SSSR count). The molecule has 0 radical (unpaired) electrons.